The fourth-order valence-electron chi connectivity index (χ4n) is 9.54. The molecule has 0 amide bonds. The molecule has 0 radical (unpaired) electrons. The number of hydrogen-bond donors (Lipinski definition) is 3. The third kappa shape index (κ3) is 74.4. The lowest BCUT2D eigenvalue weighted by Gasteiger charge is -2.21. The number of aliphatic hydroxyl groups excluding tert-OH is 1. The minimum Gasteiger partial charge on any atom is -0.462 e. The summed E-state index contributed by atoms with van der Waals surface area (Å²) in [4.78, 5) is 72.9. The lowest BCUT2D eigenvalue weighted by molar-refractivity contribution is -0.161. The highest BCUT2D eigenvalue weighted by Gasteiger charge is 2.30. The number of carbonyl (C=O) groups excluding carboxylic acids is 4. The number of phosphoric ester groups is 2. The number of carbonyl (C=O) groups is 4. The zero-order chi connectivity index (χ0) is 76.0. The van der Waals surface area contributed by atoms with Gasteiger partial charge in [-0.1, -0.05) is 268 Å². The summed E-state index contributed by atoms with van der Waals surface area (Å²) in [5.74, 6) is -2.42. The molecule has 0 rings (SSSR count). The Hall–Kier alpha value is -5.84. The summed E-state index contributed by atoms with van der Waals surface area (Å²) in [6.45, 7) is 4.28. The van der Waals surface area contributed by atoms with E-state index < -0.39 is 97.5 Å². The second-order valence-corrected chi connectivity index (χ2v) is 28.1. The number of hydrogen-bond acceptors (Lipinski definition) is 15. The van der Waals surface area contributed by atoms with Crippen LogP contribution in [0.2, 0.25) is 0 Å². The first-order valence-corrected chi connectivity index (χ1v) is 42.0. The molecule has 5 atom stereocenters. The fourth-order valence-corrected chi connectivity index (χ4v) is 11.1. The predicted molar refractivity (Wildman–Crippen MR) is 426 cm³/mol. The van der Waals surface area contributed by atoms with Crippen LogP contribution in [-0.4, -0.2) is 96.7 Å². The Morgan fingerprint density at radius 3 is 0.875 bits per heavy atom. The van der Waals surface area contributed by atoms with Crippen molar-refractivity contribution in [2.24, 2.45) is 0 Å². The molecule has 0 aromatic heterocycles. The number of esters is 4. The zero-order valence-corrected chi connectivity index (χ0v) is 65.9. The Bertz CT molecular complexity index is 2690. The summed E-state index contributed by atoms with van der Waals surface area (Å²) in [7, 11) is -10.0. The van der Waals surface area contributed by atoms with Crippen LogP contribution in [0.15, 0.2) is 182 Å². The second-order valence-electron chi connectivity index (χ2n) is 25.2. The van der Waals surface area contributed by atoms with Crippen LogP contribution in [0.3, 0.4) is 0 Å². The Morgan fingerprint density at radius 1 is 0.288 bits per heavy atom. The van der Waals surface area contributed by atoms with E-state index in [4.69, 9.17) is 37.0 Å². The second kappa shape index (κ2) is 75.4. The van der Waals surface area contributed by atoms with Crippen molar-refractivity contribution in [3.63, 3.8) is 0 Å². The van der Waals surface area contributed by atoms with Gasteiger partial charge in [-0.15, -0.1) is 0 Å². The maximum atomic E-state index is 13.1. The Labute approximate surface area is 628 Å². The smallest absolute Gasteiger partial charge is 0.462 e. The van der Waals surface area contributed by atoms with Crippen molar-refractivity contribution >= 4 is 39.5 Å². The van der Waals surface area contributed by atoms with E-state index in [0.29, 0.717) is 32.1 Å². The molecule has 17 nitrogen and oxygen atoms in total. The standard InChI is InChI=1S/C85H136O17P2/c1-5-9-13-17-21-25-29-33-37-38-39-40-44-46-50-54-58-62-66-70-83(88)96-76-81(102-85(90)72-68-64-60-56-52-48-43-36-32-28-24-20-16-12-8-4)78-100-104(93,94)98-74-79(86)73-97-103(91,92)99-77-80(101-84(89)71-67-63-59-55-51-47-42-35-31-27-23-19-15-11-7-3)75-95-82(87)69-65-61-57-53-49-45-41-34-30-26-22-18-14-10-6-2/h9-10,12-14,16,21-28,33-37,39-43,49,52-53,56,61,65,79-81,86H,5-8,11,15,17-20,29-32,38,44-48,50-51,54-55,57-60,62-64,66-78H2,1-4H3,(H,91,92)(H,93,94)/b13-9-,14-10-,16-12-,25-21-,26-22-,27-23-,28-24-,37-33-,40-39-,41-34-,42-35-,43-36-,53-49-,56-52-,65-61-. The topological polar surface area (TPSA) is 237 Å². The van der Waals surface area contributed by atoms with Gasteiger partial charge in [0.05, 0.1) is 32.8 Å². The van der Waals surface area contributed by atoms with Gasteiger partial charge in [-0.05, 0) is 161 Å². The van der Waals surface area contributed by atoms with Crippen molar-refractivity contribution in [3.05, 3.63) is 182 Å². The van der Waals surface area contributed by atoms with Gasteiger partial charge in [-0.2, -0.15) is 0 Å². The zero-order valence-electron chi connectivity index (χ0n) is 64.1. The van der Waals surface area contributed by atoms with Gasteiger partial charge in [-0.3, -0.25) is 37.3 Å². The Morgan fingerprint density at radius 2 is 0.538 bits per heavy atom. The minimum atomic E-state index is -5.01. The molecule has 0 fully saturated rings. The molecule has 5 unspecified atom stereocenters. The largest absolute Gasteiger partial charge is 0.472 e. The van der Waals surface area contributed by atoms with E-state index in [-0.39, 0.29) is 25.7 Å². The number of rotatable bonds is 71. The van der Waals surface area contributed by atoms with E-state index in [1.165, 1.54) is 19.3 Å². The molecule has 0 bridgehead atoms. The van der Waals surface area contributed by atoms with Crippen molar-refractivity contribution in [1.29, 1.82) is 0 Å². The van der Waals surface area contributed by atoms with Gasteiger partial charge < -0.3 is 33.8 Å². The predicted octanol–water partition coefficient (Wildman–Crippen LogP) is 22.8. The first kappa shape index (κ1) is 98.2. The Balaban J connectivity index is 5.49. The first-order valence-electron chi connectivity index (χ1n) is 39.0. The normalized spacial score (nSPS) is 14.9. The average Bonchev–Trinajstić information content (AvgIpc) is 0.912. The van der Waals surface area contributed by atoms with Crippen molar-refractivity contribution < 1.29 is 80.2 Å². The van der Waals surface area contributed by atoms with Gasteiger partial charge in [0.25, 0.3) is 0 Å². The van der Waals surface area contributed by atoms with E-state index in [9.17, 15) is 43.2 Å². The third-order valence-corrected chi connectivity index (χ3v) is 17.3. The van der Waals surface area contributed by atoms with Crippen molar-refractivity contribution in [1.82, 2.24) is 0 Å². The molecule has 0 aliphatic heterocycles. The van der Waals surface area contributed by atoms with Crippen molar-refractivity contribution in [3.8, 4) is 0 Å². The first-order chi connectivity index (χ1) is 50.7. The van der Waals surface area contributed by atoms with Gasteiger partial charge in [0.1, 0.15) is 19.3 Å². The Kier molecular flexibility index (Phi) is 71.2. The highest BCUT2D eigenvalue weighted by Crippen LogP contribution is 2.45. The molecule has 0 saturated heterocycles. The lowest BCUT2D eigenvalue weighted by Crippen LogP contribution is -2.30. The van der Waals surface area contributed by atoms with Gasteiger partial charge >= 0.3 is 39.5 Å². The summed E-state index contributed by atoms with van der Waals surface area (Å²) in [5, 5.41) is 10.6. The molecule has 104 heavy (non-hydrogen) atoms. The molecule has 0 saturated carbocycles. The molecule has 0 aromatic carbocycles. The molecule has 0 heterocycles. The number of allylic oxidation sites excluding steroid dienone is 29. The molecular weight excluding hydrogens is 1350 g/mol. The van der Waals surface area contributed by atoms with E-state index in [1.807, 2.05) is 18.2 Å². The average molecular weight is 1490 g/mol. The van der Waals surface area contributed by atoms with E-state index >= 15 is 0 Å². The summed E-state index contributed by atoms with van der Waals surface area (Å²) in [5.41, 5.74) is 0. The number of unbranched alkanes of at least 4 members (excludes halogenated alkanes) is 16. The van der Waals surface area contributed by atoms with Crippen molar-refractivity contribution in [2.75, 3.05) is 39.6 Å². The molecule has 3 N–H and O–H groups in total. The fraction of sp³-hybridized carbons (Fsp3) is 0.600. The van der Waals surface area contributed by atoms with Crippen LogP contribution in [-0.2, 0) is 65.4 Å². The molecule has 0 aliphatic rings. The molecule has 588 valence electrons. The molecule has 0 spiro atoms. The minimum absolute atomic E-state index is 0.0298. The van der Waals surface area contributed by atoms with E-state index in [1.54, 1.807) is 6.08 Å². The highest BCUT2D eigenvalue weighted by atomic mass is 31.2. The van der Waals surface area contributed by atoms with Crippen LogP contribution in [0.25, 0.3) is 0 Å². The maximum Gasteiger partial charge on any atom is 0.472 e. The van der Waals surface area contributed by atoms with E-state index in [0.717, 1.165) is 167 Å². The quantitative estimate of drug-likeness (QED) is 0.0169. The van der Waals surface area contributed by atoms with Gasteiger partial charge in [-0.25, -0.2) is 9.13 Å². The van der Waals surface area contributed by atoms with Crippen LogP contribution < -0.4 is 0 Å². The van der Waals surface area contributed by atoms with Crippen LogP contribution >= 0.6 is 15.6 Å². The summed E-state index contributed by atoms with van der Waals surface area (Å²) >= 11 is 0. The number of ether oxygens (including phenoxy) is 4. The third-order valence-electron chi connectivity index (χ3n) is 15.4. The molecule has 0 aromatic rings. The highest BCUT2D eigenvalue weighted by molar-refractivity contribution is 7.47. The molecular formula is C85H136O17P2. The maximum absolute atomic E-state index is 13.1. The van der Waals surface area contributed by atoms with Gasteiger partial charge in [0, 0.05) is 19.3 Å². The SMILES string of the molecule is CC/C=C\C/C=C\C/C=C\C/C=C\C/C=C\CC(=O)OCC(COP(=O)(O)OCC(O)COP(=O)(O)OCC(COC(=O)CCCCCCCC/C=C\C/C=C\C/C=C\C/C=C\CC)OC(=O)CCCC/C=C\C/C=C\C/C=C\C/C=C\CC)OC(=O)CCCCCCC/C=C\C/C=C\CCCCC. The van der Waals surface area contributed by atoms with Crippen LogP contribution in [0.5, 0.6) is 0 Å². The van der Waals surface area contributed by atoms with Crippen molar-refractivity contribution in [2.45, 2.75) is 290 Å². The summed E-state index contributed by atoms with van der Waals surface area (Å²) < 4.78 is 68.4. The number of aliphatic hydroxyl groups is 1. The van der Waals surface area contributed by atoms with Crippen LogP contribution in [0, 0.1) is 0 Å². The summed E-state index contributed by atoms with van der Waals surface area (Å²) in [6, 6.07) is 0. The monoisotopic (exact) mass is 1490 g/mol. The molecule has 0 aliphatic carbocycles. The van der Waals surface area contributed by atoms with Crippen LogP contribution in [0.1, 0.15) is 272 Å². The van der Waals surface area contributed by atoms with Gasteiger partial charge in [0.15, 0.2) is 12.2 Å². The molecule has 19 heteroatoms. The number of phosphoric acid groups is 2. The lowest BCUT2D eigenvalue weighted by atomic mass is 10.1. The summed E-state index contributed by atoms with van der Waals surface area (Å²) in [6.07, 6.45) is 90.5. The van der Waals surface area contributed by atoms with Crippen LogP contribution in [0.4, 0.5) is 0 Å². The van der Waals surface area contributed by atoms with E-state index in [2.05, 4.69) is 186 Å². The van der Waals surface area contributed by atoms with Gasteiger partial charge in [0.2, 0.25) is 0 Å².